The SMILES string of the molecule is CC(C)Cn1c(-c2csc(CN(C)C)n2)n[nH]c1=S. The van der Waals surface area contributed by atoms with Crippen molar-refractivity contribution in [1.82, 2.24) is 24.6 Å². The molecule has 2 rings (SSSR count). The van der Waals surface area contributed by atoms with Crippen LogP contribution in [0.5, 0.6) is 0 Å². The first kappa shape index (κ1) is 14.4. The van der Waals surface area contributed by atoms with Gasteiger partial charge in [0.05, 0.1) is 0 Å². The summed E-state index contributed by atoms with van der Waals surface area (Å²) >= 11 is 6.94. The highest BCUT2D eigenvalue weighted by molar-refractivity contribution is 7.71. The lowest BCUT2D eigenvalue weighted by Gasteiger charge is -2.08. The van der Waals surface area contributed by atoms with E-state index in [1.165, 1.54) is 0 Å². The molecule has 0 amide bonds. The number of hydrogen-bond donors (Lipinski definition) is 1. The summed E-state index contributed by atoms with van der Waals surface area (Å²) in [6, 6.07) is 0. The Labute approximate surface area is 122 Å². The van der Waals surface area contributed by atoms with E-state index in [4.69, 9.17) is 12.2 Å². The van der Waals surface area contributed by atoms with E-state index in [2.05, 4.69) is 33.9 Å². The second kappa shape index (κ2) is 5.94. The average molecular weight is 297 g/mol. The molecular weight excluding hydrogens is 278 g/mol. The number of rotatable bonds is 5. The topological polar surface area (TPSA) is 49.7 Å². The molecule has 0 bridgehead atoms. The van der Waals surface area contributed by atoms with Crippen LogP contribution in [0.1, 0.15) is 18.9 Å². The summed E-state index contributed by atoms with van der Waals surface area (Å²) in [6.45, 7) is 6.03. The zero-order valence-electron chi connectivity index (χ0n) is 11.7. The molecule has 2 heterocycles. The fourth-order valence-electron chi connectivity index (χ4n) is 1.80. The van der Waals surface area contributed by atoms with Crippen molar-refractivity contribution in [1.29, 1.82) is 0 Å². The van der Waals surface area contributed by atoms with E-state index in [1.54, 1.807) is 11.3 Å². The lowest BCUT2D eigenvalue weighted by atomic mass is 10.2. The standard InChI is InChI=1S/C12H19N5S2/c1-8(2)5-17-11(14-15-12(17)18)9-7-19-10(13-9)6-16(3)4/h7-8H,5-6H2,1-4H3,(H,15,18). The highest BCUT2D eigenvalue weighted by atomic mass is 32.1. The number of nitrogens with one attached hydrogen (secondary N) is 1. The van der Waals surface area contributed by atoms with Gasteiger partial charge in [0.1, 0.15) is 10.7 Å². The molecule has 2 aromatic heterocycles. The summed E-state index contributed by atoms with van der Waals surface area (Å²) in [4.78, 5) is 6.73. The predicted molar refractivity (Wildman–Crippen MR) is 80.7 cm³/mol. The predicted octanol–water partition coefficient (Wildman–Crippen LogP) is 2.78. The van der Waals surface area contributed by atoms with Crippen molar-refractivity contribution in [3.05, 3.63) is 15.2 Å². The molecule has 0 aromatic carbocycles. The third kappa shape index (κ3) is 3.49. The average Bonchev–Trinajstić information content (AvgIpc) is 2.86. The molecule has 0 spiro atoms. The number of H-pyrrole nitrogens is 1. The molecule has 19 heavy (non-hydrogen) atoms. The van der Waals surface area contributed by atoms with Crippen LogP contribution in [0.15, 0.2) is 5.38 Å². The molecule has 0 unspecified atom stereocenters. The van der Waals surface area contributed by atoms with Crippen molar-refractivity contribution >= 4 is 23.6 Å². The van der Waals surface area contributed by atoms with Crippen molar-refractivity contribution in [2.75, 3.05) is 14.1 Å². The lowest BCUT2D eigenvalue weighted by Crippen LogP contribution is -2.10. The molecule has 0 aliphatic carbocycles. The van der Waals surface area contributed by atoms with Crippen LogP contribution >= 0.6 is 23.6 Å². The van der Waals surface area contributed by atoms with Gasteiger partial charge < -0.3 is 4.90 Å². The van der Waals surface area contributed by atoms with Crippen LogP contribution < -0.4 is 0 Å². The molecule has 0 saturated carbocycles. The molecule has 5 nitrogen and oxygen atoms in total. The first-order chi connectivity index (χ1) is 8.97. The highest BCUT2D eigenvalue weighted by Gasteiger charge is 2.13. The molecule has 0 aliphatic rings. The van der Waals surface area contributed by atoms with Crippen molar-refractivity contribution in [2.24, 2.45) is 5.92 Å². The Kier molecular flexibility index (Phi) is 4.49. The maximum absolute atomic E-state index is 5.28. The van der Waals surface area contributed by atoms with Crippen molar-refractivity contribution in [3.63, 3.8) is 0 Å². The van der Waals surface area contributed by atoms with Crippen LogP contribution in [0, 0.1) is 10.7 Å². The number of hydrogen-bond acceptors (Lipinski definition) is 5. The Morgan fingerprint density at radius 1 is 1.47 bits per heavy atom. The molecular formula is C12H19N5S2. The largest absolute Gasteiger partial charge is 0.303 e. The van der Waals surface area contributed by atoms with E-state index >= 15 is 0 Å². The van der Waals surface area contributed by atoms with Gasteiger partial charge in [0.2, 0.25) is 0 Å². The number of thiazole rings is 1. The van der Waals surface area contributed by atoms with Gasteiger partial charge in [0, 0.05) is 18.5 Å². The molecule has 0 fully saturated rings. The second-order valence-electron chi connectivity index (χ2n) is 5.22. The van der Waals surface area contributed by atoms with E-state index in [0.29, 0.717) is 10.7 Å². The Bertz CT molecular complexity index is 593. The molecule has 0 atom stereocenters. The number of nitrogens with zero attached hydrogens (tertiary/aromatic N) is 4. The van der Waals surface area contributed by atoms with E-state index in [-0.39, 0.29) is 0 Å². The van der Waals surface area contributed by atoms with Gasteiger partial charge in [-0.25, -0.2) is 4.98 Å². The Hall–Kier alpha value is -1.05. The minimum Gasteiger partial charge on any atom is -0.303 e. The fourth-order valence-corrected chi connectivity index (χ4v) is 2.90. The zero-order chi connectivity index (χ0) is 14.0. The van der Waals surface area contributed by atoms with Gasteiger partial charge in [-0.1, -0.05) is 13.8 Å². The van der Waals surface area contributed by atoms with Crippen LogP contribution in [-0.4, -0.2) is 38.7 Å². The summed E-state index contributed by atoms with van der Waals surface area (Å²) in [5.74, 6) is 1.35. The second-order valence-corrected chi connectivity index (χ2v) is 6.55. The smallest absolute Gasteiger partial charge is 0.195 e. The maximum Gasteiger partial charge on any atom is 0.195 e. The van der Waals surface area contributed by atoms with Crippen molar-refractivity contribution in [3.8, 4) is 11.5 Å². The van der Waals surface area contributed by atoms with Gasteiger partial charge in [-0.05, 0) is 32.2 Å². The van der Waals surface area contributed by atoms with Gasteiger partial charge in [-0.3, -0.25) is 9.67 Å². The van der Waals surface area contributed by atoms with Gasteiger partial charge in [-0.2, -0.15) is 5.10 Å². The normalized spacial score (nSPS) is 11.7. The summed E-state index contributed by atoms with van der Waals surface area (Å²) in [5, 5.41) is 10.3. The van der Waals surface area contributed by atoms with Crippen LogP contribution in [0.25, 0.3) is 11.5 Å². The Morgan fingerprint density at radius 3 is 2.84 bits per heavy atom. The van der Waals surface area contributed by atoms with E-state index in [1.807, 2.05) is 24.0 Å². The minimum atomic E-state index is 0.517. The van der Waals surface area contributed by atoms with Crippen LogP contribution in [0.3, 0.4) is 0 Å². The van der Waals surface area contributed by atoms with Crippen molar-refractivity contribution < 1.29 is 0 Å². The van der Waals surface area contributed by atoms with Gasteiger partial charge >= 0.3 is 0 Å². The highest BCUT2D eigenvalue weighted by Crippen LogP contribution is 2.21. The van der Waals surface area contributed by atoms with Crippen LogP contribution in [-0.2, 0) is 13.1 Å². The van der Waals surface area contributed by atoms with Gasteiger partial charge in [0.15, 0.2) is 10.6 Å². The molecule has 2 aromatic rings. The Morgan fingerprint density at radius 2 is 2.21 bits per heavy atom. The summed E-state index contributed by atoms with van der Waals surface area (Å²) in [6.07, 6.45) is 0. The first-order valence-electron chi connectivity index (χ1n) is 6.22. The van der Waals surface area contributed by atoms with E-state index < -0.39 is 0 Å². The zero-order valence-corrected chi connectivity index (χ0v) is 13.3. The Balaban J connectivity index is 2.31. The quantitative estimate of drug-likeness (QED) is 0.862. The summed E-state index contributed by atoms with van der Waals surface area (Å²) in [5.41, 5.74) is 0.898. The lowest BCUT2D eigenvalue weighted by molar-refractivity contribution is 0.401. The molecule has 0 radical (unpaired) electrons. The summed E-state index contributed by atoms with van der Waals surface area (Å²) in [7, 11) is 4.08. The fraction of sp³-hybridized carbons (Fsp3) is 0.583. The third-order valence-electron chi connectivity index (χ3n) is 2.54. The number of aromatic nitrogens is 4. The maximum atomic E-state index is 5.28. The third-order valence-corrected chi connectivity index (χ3v) is 3.68. The molecule has 0 aliphatic heterocycles. The van der Waals surface area contributed by atoms with Gasteiger partial charge in [0.25, 0.3) is 0 Å². The van der Waals surface area contributed by atoms with Crippen LogP contribution in [0.2, 0.25) is 0 Å². The molecule has 0 saturated heterocycles. The van der Waals surface area contributed by atoms with E-state index in [0.717, 1.165) is 29.6 Å². The van der Waals surface area contributed by atoms with Crippen molar-refractivity contribution in [2.45, 2.75) is 26.9 Å². The minimum absolute atomic E-state index is 0.517. The monoisotopic (exact) mass is 297 g/mol. The molecule has 104 valence electrons. The van der Waals surface area contributed by atoms with Gasteiger partial charge in [-0.15, -0.1) is 11.3 Å². The van der Waals surface area contributed by atoms with Crippen LogP contribution in [0.4, 0.5) is 0 Å². The molecule has 1 N–H and O–H groups in total. The van der Waals surface area contributed by atoms with E-state index in [9.17, 15) is 0 Å². The summed E-state index contributed by atoms with van der Waals surface area (Å²) < 4.78 is 2.68. The number of aromatic amines is 1. The first-order valence-corrected chi connectivity index (χ1v) is 7.51. The molecule has 7 heteroatoms.